The van der Waals surface area contributed by atoms with Gasteiger partial charge in [-0.25, -0.2) is 0 Å². The van der Waals surface area contributed by atoms with E-state index in [4.69, 9.17) is 10.5 Å². The fraction of sp³-hybridized carbons (Fsp3) is 0.714. The highest BCUT2D eigenvalue weighted by atomic mass is 32.1. The quantitative estimate of drug-likeness (QED) is 0.869. The number of ether oxygens (including phenoxy) is 1. The van der Waals surface area contributed by atoms with Crippen LogP contribution in [0, 0.1) is 12.8 Å². The highest BCUT2D eigenvalue weighted by molar-refractivity contribution is 7.10. The summed E-state index contributed by atoms with van der Waals surface area (Å²) < 4.78 is 6.10. The molecule has 96 valence electrons. The van der Waals surface area contributed by atoms with E-state index in [1.165, 1.54) is 36.1 Å². The van der Waals surface area contributed by atoms with Gasteiger partial charge in [0.1, 0.15) is 6.10 Å². The van der Waals surface area contributed by atoms with Gasteiger partial charge in [0, 0.05) is 10.9 Å². The SMILES string of the molecule is Cc1ccsc1C(OCC1CCCC1)C(C)N. The molecule has 0 aromatic carbocycles. The van der Waals surface area contributed by atoms with Crippen molar-refractivity contribution in [3.8, 4) is 0 Å². The van der Waals surface area contributed by atoms with Crippen LogP contribution in [-0.4, -0.2) is 12.6 Å². The largest absolute Gasteiger partial charge is 0.371 e. The second kappa shape index (κ2) is 5.98. The molecule has 2 atom stereocenters. The highest BCUT2D eigenvalue weighted by Crippen LogP contribution is 2.31. The van der Waals surface area contributed by atoms with Crippen molar-refractivity contribution in [2.24, 2.45) is 11.7 Å². The second-order valence-electron chi connectivity index (χ2n) is 5.23. The van der Waals surface area contributed by atoms with E-state index in [-0.39, 0.29) is 12.1 Å². The molecule has 1 aliphatic carbocycles. The van der Waals surface area contributed by atoms with Crippen LogP contribution in [0.1, 0.15) is 49.2 Å². The topological polar surface area (TPSA) is 35.2 Å². The maximum Gasteiger partial charge on any atom is 0.107 e. The predicted octanol–water partition coefficient (Wildman–Crippen LogP) is 3.65. The Kier molecular flexibility index (Phi) is 4.60. The first-order chi connectivity index (χ1) is 8.18. The summed E-state index contributed by atoms with van der Waals surface area (Å²) in [6.07, 6.45) is 5.48. The number of hydrogen-bond acceptors (Lipinski definition) is 3. The van der Waals surface area contributed by atoms with E-state index in [1.807, 2.05) is 6.92 Å². The average Bonchev–Trinajstić information content (AvgIpc) is 2.91. The minimum atomic E-state index is 0.0637. The zero-order valence-corrected chi connectivity index (χ0v) is 11.6. The second-order valence-corrected chi connectivity index (χ2v) is 6.18. The molecule has 0 amide bonds. The molecule has 0 aliphatic heterocycles. The molecule has 0 radical (unpaired) electrons. The third-order valence-corrected chi connectivity index (χ3v) is 4.70. The van der Waals surface area contributed by atoms with Crippen LogP contribution in [0.15, 0.2) is 11.4 Å². The number of aryl methyl sites for hydroxylation is 1. The molecule has 1 aromatic heterocycles. The minimum absolute atomic E-state index is 0.0637. The fourth-order valence-electron chi connectivity index (χ4n) is 2.56. The van der Waals surface area contributed by atoms with Crippen molar-refractivity contribution in [2.75, 3.05) is 6.61 Å². The summed E-state index contributed by atoms with van der Waals surface area (Å²) in [7, 11) is 0. The lowest BCUT2D eigenvalue weighted by atomic mass is 10.1. The van der Waals surface area contributed by atoms with Crippen molar-refractivity contribution in [1.29, 1.82) is 0 Å². The molecule has 1 saturated carbocycles. The van der Waals surface area contributed by atoms with Crippen molar-refractivity contribution in [1.82, 2.24) is 0 Å². The molecule has 17 heavy (non-hydrogen) atoms. The molecule has 1 heterocycles. The van der Waals surface area contributed by atoms with Crippen LogP contribution in [-0.2, 0) is 4.74 Å². The molecule has 2 N–H and O–H groups in total. The lowest BCUT2D eigenvalue weighted by molar-refractivity contribution is 0.0187. The van der Waals surface area contributed by atoms with Gasteiger partial charge in [-0.1, -0.05) is 12.8 Å². The minimum Gasteiger partial charge on any atom is -0.371 e. The van der Waals surface area contributed by atoms with Crippen molar-refractivity contribution in [2.45, 2.75) is 51.7 Å². The molecule has 2 nitrogen and oxygen atoms in total. The summed E-state index contributed by atoms with van der Waals surface area (Å²) in [5.41, 5.74) is 7.37. The monoisotopic (exact) mass is 253 g/mol. The van der Waals surface area contributed by atoms with Crippen LogP contribution in [0.2, 0.25) is 0 Å². The summed E-state index contributed by atoms with van der Waals surface area (Å²) in [5, 5.41) is 2.12. The number of rotatable bonds is 5. The first-order valence-corrected chi connectivity index (χ1v) is 7.47. The maximum atomic E-state index is 6.10. The first kappa shape index (κ1) is 13.1. The number of nitrogens with two attached hydrogens (primary N) is 1. The summed E-state index contributed by atoms with van der Waals surface area (Å²) in [6.45, 7) is 5.06. The van der Waals surface area contributed by atoms with Crippen molar-refractivity contribution < 1.29 is 4.74 Å². The Balaban J connectivity index is 1.95. The molecule has 2 rings (SSSR count). The molecular weight excluding hydrogens is 230 g/mol. The van der Waals surface area contributed by atoms with Crippen LogP contribution >= 0.6 is 11.3 Å². The van der Waals surface area contributed by atoms with E-state index in [9.17, 15) is 0 Å². The lowest BCUT2D eigenvalue weighted by Crippen LogP contribution is -2.28. The van der Waals surface area contributed by atoms with Crippen molar-refractivity contribution in [3.05, 3.63) is 21.9 Å². The van der Waals surface area contributed by atoms with E-state index in [2.05, 4.69) is 18.4 Å². The summed E-state index contributed by atoms with van der Waals surface area (Å²) in [5.74, 6) is 0.761. The van der Waals surface area contributed by atoms with E-state index >= 15 is 0 Å². The molecule has 1 aromatic rings. The third kappa shape index (κ3) is 3.30. The summed E-state index contributed by atoms with van der Waals surface area (Å²) >= 11 is 1.76. The lowest BCUT2D eigenvalue weighted by Gasteiger charge is -2.23. The van der Waals surface area contributed by atoms with Gasteiger partial charge in [0.25, 0.3) is 0 Å². The first-order valence-electron chi connectivity index (χ1n) is 6.59. The van der Waals surface area contributed by atoms with E-state index in [0.717, 1.165) is 12.5 Å². The molecular formula is C14H23NOS. The Morgan fingerprint density at radius 1 is 1.47 bits per heavy atom. The van der Waals surface area contributed by atoms with Gasteiger partial charge >= 0.3 is 0 Å². The van der Waals surface area contributed by atoms with Gasteiger partial charge < -0.3 is 10.5 Å². The van der Waals surface area contributed by atoms with Gasteiger partial charge in [-0.05, 0) is 49.6 Å². The van der Waals surface area contributed by atoms with Gasteiger partial charge in [0.15, 0.2) is 0 Å². The zero-order valence-electron chi connectivity index (χ0n) is 10.8. The Bertz CT molecular complexity index is 342. The van der Waals surface area contributed by atoms with E-state index < -0.39 is 0 Å². The molecule has 0 saturated heterocycles. The summed E-state index contributed by atoms with van der Waals surface area (Å²) in [4.78, 5) is 1.30. The molecule has 2 unspecified atom stereocenters. The van der Waals surface area contributed by atoms with Crippen LogP contribution < -0.4 is 5.73 Å². The Morgan fingerprint density at radius 2 is 2.18 bits per heavy atom. The van der Waals surface area contributed by atoms with Gasteiger partial charge in [0.05, 0.1) is 6.61 Å². The zero-order chi connectivity index (χ0) is 12.3. The third-order valence-electron chi connectivity index (χ3n) is 3.62. The number of thiophene rings is 1. The fourth-order valence-corrected chi connectivity index (χ4v) is 3.65. The molecule has 1 fully saturated rings. The van der Waals surface area contributed by atoms with Gasteiger partial charge in [-0.15, -0.1) is 11.3 Å². The molecule has 1 aliphatic rings. The van der Waals surface area contributed by atoms with Crippen LogP contribution in [0.3, 0.4) is 0 Å². The smallest absolute Gasteiger partial charge is 0.107 e. The van der Waals surface area contributed by atoms with E-state index in [0.29, 0.717) is 0 Å². The van der Waals surface area contributed by atoms with E-state index in [1.54, 1.807) is 11.3 Å². The van der Waals surface area contributed by atoms with Gasteiger partial charge in [-0.3, -0.25) is 0 Å². The number of hydrogen-bond donors (Lipinski definition) is 1. The maximum absolute atomic E-state index is 6.10. The Hall–Kier alpha value is -0.380. The average molecular weight is 253 g/mol. The van der Waals surface area contributed by atoms with Crippen LogP contribution in [0.25, 0.3) is 0 Å². The Labute approximate surface area is 108 Å². The molecule has 0 bridgehead atoms. The predicted molar refractivity (Wildman–Crippen MR) is 73.4 cm³/mol. The normalized spacial score (nSPS) is 20.6. The van der Waals surface area contributed by atoms with Gasteiger partial charge in [-0.2, -0.15) is 0 Å². The van der Waals surface area contributed by atoms with Crippen LogP contribution in [0.5, 0.6) is 0 Å². The van der Waals surface area contributed by atoms with Gasteiger partial charge in [0.2, 0.25) is 0 Å². The van der Waals surface area contributed by atoms with Crippen molar-refractivity contribution >= 4 is 11.3 Å². The standard InChI is InChI=1S/C14H23NOS/c1-10-7-8-17-14(10)13(11(2)15)16-9-12-5-3-4-6-12/h7-8,11-13H,3-6,9,15H2,1-2H3. The summed E-state index contributed by atoms with van der Waals surface area (Å²) in [6, 6.07) is 2.21. The molecule has 0 spiro atoms. The highest BCUT2D eigenvalue weighted by Gasteiger charge is 2.23. The van der Waals surface area contributed by atoms with Crippen molar-refractivity contribution in [3.63, 3.8) is 0 Å². The van der Waals surface area contributed by atoms with Crippen LogP contribution in [0.4, 0.5) is 0 Å². The Morgan fingerprint density at radius 3 is 2.71 bits per heavy atom. The molecule has 3 heteroatoms.